The summed E-state index contributed by atoms with van der Waals surface area (Å²) in [6.45, 7) is 0. The van der Waals surface area contributed by atoms with Crippen molar-refractivity contribution >= 4 is 41.2 Å². The van der Waals surface area contributed by atoms with Crippen LogP contribution in [0.15, 0.2) is 42.5 Å². The van der Waals surface area contributed by atoms with E-state index in [1.807, 2.05) is 42.5 Å². The van der Waals surface area contributed by atoms with Gasteiger partial charge in [-0.15, -0.1) is 0 Å². The van der Waals surface area contributed by atoms with Crippen molar-refractivity contribution in [3.8, 4) is 5.75 Å². The number of hydrogen-bond acceptors (Lipinski definition) is 8. The molecule has 1 amide bonds. The summed E-state index contributed by atoms with van der Waals surface area (Å²) >= 11 is 0. The third-order valence-corrected chi connectivity index (χ3v) is 8.24. The summed E-state index contributed by atoms with van der Waals surface area (Å²) in [6, 6.07) is 11.5. The van der Waals surface area contributed by atoms with Crippen LogP contribution in [-0.2, 0) is 25.6 Å². The van der Waals surface area contributed by atoms with E-state index in [0.717, 1.165) is 5.56 Å². The lowest BCUT2D eigenvalue weighted by atomic mass is 9.52. The van der Waals surface area contributed by atoms with E-state index in [0.29, 0.717) is 11.1 Å². The van der Waals surface area contributed by atoms with Crippen molar-refractivity contribution in [3.05, 3.63) is 64.7 Å². The maximum atomic E-state index is 13.8. The molecule has 6 atom stereocenters. The summed E-state index contributed by atoms with van der Waals surface area (Å²) in [6.07, 6.45) is 3.94. The van der Waals surface area contributed by atoms with Gasteiger partial charge in [0.2, 0.25) is 5.91 Å². The molecule has 38 heavy (non-hydrogen) atoms. The zero-order chi connectivity index (χ0) is 27.5. The number of hydrogen-bond donors (Lipinski definition) is 3. The number of likely N-dealkylation sites (N-methyl/N-ethyl adjacent to an activating group) is 1. The van der Waals surface area contributed by atoms with E-state index in [9.17, 15) is 34.2 Å². The molecule has 3 aliphatic carbocycles. The Kier molecular flexibility index (Phi) is 6.16. The largest absolute Gasteiger partial charge is 0.507 e. The first kappa shape index (κ1) is 25.7. The smallest absolute Gasteiger partial charge is 0.235 e. The number of nitrogens with two attached hydrogens (primary N) is 1. The van der Waals surface area contributed by atoms with Crippen LogP contribution < -0.4 is 5.73 Å². The number of phenols is 1. The highest BCUT2D eigenvalue weighted by atomic mass is 16.3. The Bertz CT molecular complexity index is 1410. The molecule has 5 rings (SSSR count). The average molecular weight is 517 g/mol. The Morgan fingerprint density at radius 2 is 1.71 bits per heavy atom. The number of carbonyl (C=O) groups is 5. The first-order valence-electron chi connectivity index (χ1n) is 12.4. The summed E-state index contributed by atoms with van der Waals surface area (Å²) in [7, 11) is 3.11. The molecule has 2 unspecified atom stereocenters. The predicted molar refractivity (Wildman–Crippen MR) is 137 cm³/mol. The molecule has 0 saturated heterocycles. The normalized spacial score (nSPS) is 30.8. The molecule has 0 heterocycles. The van der Waals surface area contributed by atoms with Crippen LogP contribution in [0.3, 0.4) is 0 Å². The highest BCUT2D eigenvalue weighted by molar-refractivity contribution is 6.32. The van der Waals surface area contributed by atoms with Crippen LogP contribution in [0.5, 0.6) is 5.75 Å². The molecule has 2 saturated carbocycles. The number of Topliss-reactive ketones (excluding diaryl/α,β-unsaturated/α-hetero) is 4. The number of benzene rings is 2. The van der Waals surface area contributed by atoms with Crippen LogP contribution in [-0.4, -0.2) is 69.9 Å². The van der Waals surface area contributed by atoms with Crippen LogP contribution in [0, 0.1) is 23.7 Å². The van der Waals surface area contributed by atoms with E-state index in [-0.39, 0.29) is 24.2 Å². The molecule has 2 aromatic rings. The second-order valence-corrected chi connectivity index (χ2v) is 10.6. The van der Waals surface area contributed by atoms with E-state index < -0.39 is 64.4 Å². The van der Waals surface area contributed by atoms with Crippen LogP contribution >= 0.6 is 0 Å². The van der Waals surface area contributed by atoms with Crippen LogP contribution in [0.25, 0.3) is 12.2 Å². The summed E-state index contributed by atoms with van der Waals surface area (Å²) in [5, 5.41) is 22.2. The number of amides is 1. The molecule has 0 aliphatic heterocycles. The van der Waals surface area contributed by atoms with E-state index in [2.05, 4.69) is 0 Å². The number of fused-ring (bicyclic) bond motifs is 3. The van der Waals surface area contributed by atoms with Crippen LogP contribution in [0.1, 0.15) is 33.5 Å². The Labute approximate surface area is 218 Å². The van der Waals surface area contributed by atoms with E-state index in [1.54, 1.807) is 20.2 Å². The molecule has 0 spiro atoms. The maximum absolute atomic E-state index is 13.8. The minimum atomic E-state index is -2.72. The molecule has 0 aromatic heterocycles. The Balaban J connectivity index is 1.60. The van der Waals surface area contributed by atoms with Crippen molar-refractivity contribution in [1.82, 2.24) is 4.90 Å². The minimum absolute atomic E-state index is 0.0153. The molecule has 9 heteroatoms. The zero-order valence-corrected chi connectivity index (χ0v) is 21.0. The number of aliphatic hydroxyl groups is 1. The Morgan fingerprint density at radius 1 is 1.03 bits per heavy atom. The molecule has 0 bridgehead atoms. The van der Waals surface area contributed by atoms with Gasteiger partial charge in [0.15, 0.2) is 34.7 Å². The monoisotopic (exact) mass is 516 g/mol. The molecular weight excluding hydrogens is 488 g/mol. The molecule has 0 radical (unpaired) electrons. The average Bonchev–Trinajstić information content (AvgIpc) is 2.86. The van der Waals surface area contributed by atoms with Crippen molar-refractivity contribution in [2.45, 2.75) is 24.5 Å². The fourth-order valence-corrected chi connectivity index (χ4v) is 6.54. The molecule has 3 aliphatic rings. The highest BCUT2D eigenvalue weighted by Gasteiger charge is 2.69. The maximum Gasteiger partial charge on any atom is 0.235 e. The SMILES string of the molecule is CN(C)[C@@H]1C(=O)C(C(N)=O)C(=O)[C@@]2(O)C(=O)C3C(=O)c4c(O)ccc(/C=C/c5ccccc5)c4C[C@H]3C[C@@H]12. The van der Waals surface area contributed by atoms with Crippen LogP contribution in [0.4, 0.5) is 0 Å². The Morgan fingerprint density at radius 3 is 2.34 bits per heavy atom. The van der Waals surface area contributed by atoms with Gasteiger partial charge in [0.25, 0.3) is 0 Å². The summed E-state index contributed by atoms with van der Waals surface area (Å²) in [4.78, 5) is 67.5. The number of rotatable bonds is 4. The van der Waals surface area contributed by atoms with Crippen molar-refractivity contribution in [2.24, 2.45) is 29.4 Å². The van der Waals surface area contributed by atoms with Crippen molar-refractivity contribution in [3.63, 3.8) is 0 Å². The number of primary amides is 1. The van der Waals surface area contributed by atoms with Gasteiger partial charge < -0.3 is 15.9 Å². The van der Waals surface area contributed by atoms with Gasteiger partial charge in [-0.05, 0) is 55.6 Å². The lowest BCUT2D eigenvalue weighted by Crippen LogP contribution is -2.74. The first-order chi connectivity index (χ1) is 18.0. The van der Waals surface area contributed by atoms with Crippen molar-refractivity contribution in [2.75, 3.05) is 14.1 Å². The zero-order valence-electron chi connectivity index (χ0n) is 21.0. The number of nitrogens with zero attached hydrogens (tertiary/aromatic N) is 1. The molecule has 9 nitrogen and oxygen atoms in total. The summed E-state index contributed by atoms with van der Waals surface area (Å²) < 4.78 is 0. The minimum Gasteiger partial charge on any atom is -0.507 e. The summed E-state index contributed by atoms with van der Waals surface area (Å²) in [5.41, 5.74) is 4.78. The lowest BCUT2D eigenvalue weighted by Gasteiger charge is -2.52. The third-order valence-electron chi connectivity index (χ3n) is 8.24. The summed E-state index contributed by atoms with van der Waals surface area (Å²) in [5.74, 6) is -10.5. The van der Waals surface area contributed by atoms with Crippen molar-refractivity contribution in [1.29, 1.82) is 0 Å². The second-order valence-electron chi connectivity index (χ2n) is 10.6. The second kappa shape index (κ2) is 9.11. The van der Waals surface area contributed by atoms with Gasteiger partial charge in [0, 0.05) is 5.92 Å². The fraction of sp³-hybridized carbons (Fsp3) is 0.345. The van der Waals surface area contributed by atoms with Gasteiger partial charge in [-0.3, -0.25) is 28.9 Å². The van der Waals surface area contributed by atoms with Gasteiger partial charge in [0.1, 0.15) is 5.75 Å². The molecular formula is C29H28N2O7. The first-order valence-corrected chi connectivity index (χ1v) is 12.4. The van der Waals surface area contributed by atoms with Crippen LogP contribution in [0.2, 0.25) is 0 Å². The molecule has 4 N–H and O–H groups in total. The number of aromatic hydroxyl groups is 1. The fourth-order valence-electron chi connectivity index (χ4n) is 6.54. The van der Waals surface area contributed by atoms with Gasteiger partial charge >= 0.3 is 0 Å². The lowest BCUT2D eigenvalue weighted by molar-refractivity contribution is -0.181. The highest BCUT2D eigenvalue weighted by Crippen LogP contribution is 2.51. The Hall–Kier alpha value is -3.95. The number of phenolic OH excluding ortho intramolecular Hbond substituents is 1. The van der Waals surface area contributed by atoms with Gasteiger partial charge in [-0.2, -0.15) is 0 Å². The standard InChI is InChI=1S/C29H28N2O7/c1-31(2)23-18-13-16-12-17-15(9-8-14-6-4-3-5-7-14)10-11-19(32)21(17)24(33)20(16)26(35)29(18,38)27(36)22(25(23)34)28(30)37/h3-11,16,18,20,22-23,32,38H,12-13H2,1-2H3,(H2,30,37)/b9-8+/t16-,18-,20?,22?,23-,29-/m0/s1. The van der Waals surface area contributed by atoms with E-state index >= 15 is 0 Å². The third kappa shape index (κ3) is 3.65. The van der Waals surface area contributed by atoms with E-state index in [4.69, 9.17) is 5.73 Å². The predicted octanol–water partition coefficient (Wildman–Crippen LogP) is 1.04. The van der Waals surface area contributed by atoms with Crippen molar-refractivity contribution < 1.29 is 34.2 Å². The molecule has 196 valence electrons. The quantitative estimate of drug-likeness (QED) is 0.402. The number of ketones is 4. The van der Waals surface area contributed by atoms with Gasteiger partial charge in [-0.1, -0.05) is 48.6 Å². The van der Waals surface area contributed by atoms with Gasteiger partial charge in [-0.25, -0.2) is 0 Å². The topological polar surface area (TPSA) is 155 Å². The van der Waals surface area contributed by atoms with E-state index in [1.165, 1.54) is 11.0 Å². The van der Waals surface area contributed by atoms with Gasteiger partial charge in [0.05, 0.1) is 17.5 Å². The molecule has 2 fully saturated rings. The molecule has 2 aromatic carbocycles. The number of carbonyl (C=O) groups excluding carboxylic acids is 5.